The van der Waals surface area contributed by atoms with Crippen LogP contribution in [0.3, 0.4) is 0 Å². The van der Waals surface area contributed by atoms with E-state index in [0.717, 1.165) is 48.2 Å². The van der Waals surface area contributed by atoms with Crippen molar-refractivity contribution in [2.45, 2.75) is 72.5 Å². The summed E-state index contributed by atoms with van der Waals surface area (Å²) in [7, 11) is 0. The van der Waals surface area contributed by atoms with Crippen molar-refractivity contribution >= 4 is 17.5 Å². The van der Waals surface area contributed by atoms with E-state index in [1.54, 1.807) is 0 Å². The van der Waals surface area contributed by atoms with Gasteiger partial charge in [0.2, 0.25) is 0 Å². The molecule has 2 aromatic carbocycles. The molecule has 1 aliphatic carbocycles. The number of nitrogens with zero attached hydrogens (tertiary/aromatic N) is 2. The molecule has 5 heteroatoms. The first-order valence-corrected chi connectivity index (χ1v) is 13.1. The molecule has 0 spiro atoms. The first kappa shape index (κ1) is 23.9. The molecule has 1 saturated carbocycles. The Morgan fingerprint density at radius 3 is 2.49 bits per heavy atom. The Labute approximate surface area is 209 Å². The molecule has 3 atom stereocenters. The van der Waals surface area contributed by atoms with Crippen LogP contribution in [0.5, 0.6) is 0 Å². The van der Waals surface area contributed by atoms with Crippen molar-refractivity contribution in [2.24, 2.45) is 16.7 Å². The van der Waals surface area contributed by atoms with E-state index in [2.05, 4.69) is 44.8 Å². The molecular formula is C30H39N3O2. The molecule has 1 saturated heterocycles. The van der Waals surface area contributed by atoms with Gasteiger partial charge < -0.3 is 15.1 Å². The van der Waals surface area contributed by atoms with Crippen molar-refractivity contribution in [1.29, 1.82) is 0 Å². The Bertz CT molecular complexity index is 1120. The zero-order chi connectivity index (χ0) is 25.0. The third-order valence-electron chi connectivity index (χ3n) is 8.12. The molecule has 3 aliphatic rings. The van der Waals surface area contributed by atoms with E-state index in [9.17, 15) is 9.59 Å². The van der Waals surface area contributed by atoms with Crippen LogP contribution in [-0.4, -0.2) is 40.7 Å². The minimum absolute atomic E-state index is 0.0853. The number of rotatable bonds is 6. The molecule has 35 heavy (non-hydrogen) atoms. The number of fused-ring (bicyclic) bond motifs is 3. The van der Waals surface area contributed by atoms with E-state index in [-0.39, 0.29) is 28.8 Å². The highest BCUT2D eigenvalue weighted by atomic mass is 16.2. The Morgan fingerprint density at radius 2 is 1.77 bits per heavy atom. The van der Waals surface area contributed by atoms with Crippen LogP contribution in [-0.2, 0) is 0 Å². The lowest BCUT2D eigenvalue weighted by atomic mass is 9.65. The number of carbonyl (C=O) groups excluding carboxylic acids is 2. The average molecular weight is 474 g/mol. The van der Waals surface area contributed by atoms with E-state index in [1.165, 1.54) is 6.42 Å². The first-order chi connectivity index (χ1) is 16.6. The monoisotopic (exact) mass is 473 g/mol. The van der Waals surface area contributed by atoms with Gasteiger partial charge in [-0.25, -0.2) is 0 Å². The predicted octanol–water partition coefficient (Wildman–Crippen LogP) is 6.34. The van der Waals surface area contributed by atoms with Crippen molar-refractivity contribution in [3.63, 3.8) is 0 Å². The largest absolute Gasteiger partial charge is 0.361 e. The second-order valence-corrected chi connectivity index (χ2v) is 12.5. The SMILES string of the molecule is CC(C)CCN1C(=O)c2ccccc2C1Nc1ccc(C(=O)N2CC3(C)CC2CC(C)(C)C3)cc1. The summed E-state index contributed by atoms with van der Waals surface area (Å²) in [5, 5.41) is 3.57. The van der Waals surface area contributed by atoms with Crippen LogP contribution in [0.2, 0.25) is 0 Å². The van der Waals surface area contributed by atoms with Crippen LogP contribution in [0.4, 0.5) is 5.69 Å². The van der Waals surface area contributed by atoms with Gasteiger partial charge in [0.25, 0.3) is 11.8 Å². The maximum atomic E-state index is 13.5. The third-order valence-corrected chi connectivity index (χ3v) is 8.12. The number of benzene rings is 2. The third kappa shape index (κ3) is 4.57. The molecule has 2 bridgehead atoms. The normalized spacial score (nSPS) is 26.9. The first-order valence-electron chi connectivity index (χ1n) is 13.1. The van der Waals surface area contributed by atoms with Crippen LogP contribution in [0.1, 0.15) is 92.7 Å². The molecule has 2 aromatic rings. The van der Waals surface area contributed by atoms with Gasteiger partial charge in [0.15, 0.2) is 0 Å². The Kier molecular flexibility index (Phi) is 5.93. The smallest absolute Gasteiger partial charge is 0.256 e. The van der Waals surface area contributed by atoms with Crippen LogP contribution < -0.4 is 5.32 Å². The summed E-state index contributed by atoms with van der Waals surface area (Å²) in [6.45, 7) is 12.9. The molecule has 5 rings (SSSR count). The summed E-state index contributed by atoms with van der Waals surface area (Å²) >= 11 is 0. The van der Waals surface area contributed by atoms with Crippen LogP contribution in [0, 0.1) is 16.7 Å². The highest BCUT2D eigenvalue weighted by Gasteiger charge is 2.51. The standard InChI is InChI=1S/C30H39N3O2/c1-20(2)14-15-32-26(24-8-6-7-9-25(24)28(32)35)31-22-12-10-21(11-13-22)27(34)33-19-30(5)17-23(33)16-29(3,4)18-30/h6-13,20,23,26,31H,14-19H2,1-5H3. The topological polar surface area (TPSA) is 52.7 Å². The van der Waals surface area contributed by atoms with Gasteiger partial charge >= 0.3 is 0 Å². The average Bonchev–Trinajstić information content (AvgIpc) is 3.21. The van der Waals surface area contributed by atoms with Crippen LogP contribution >= 0.6 is 0 Å². The fourth-order valence-electron chi connectivity index (χ4n) is 6.88. The molecule has 5 nitrogen and oxygen atoms in total. The summed E-state index contributed by atoms with van der Waals surface area (Å²) in [5.41, 5.74) is 3.96. The fourth-order valence-corrected chi connectivity index (χ4v) is 6.88. The Balaban J connectivity index is 1.32. The van der Waals surface area contributed by atoms with Crippen molar-refractivity contribution in [3.05, 3.63) is 65.2 Å². The Morgan fingerprint density at radius 1 is 1.06 bits per heavy atom. The minimum atomic E-state index is -0.195. The molecule has 1 N–H and O–H groups in total. The Hall–Kier alpha value is -2.82. The number of likely N-dealkylation sites (tertiary alicyclic amines) is 1. The number of carbonyl (C=O) groups is 2. The number of amides is 2. The number of nitrogens with one attached hydrogen (secondary N) is 1. The molecule has 2 aliphatic heterocycles. The van der Waals surface area contributed by atoms with Gasteiger partial charge in [0.05, 0.1) is 0 Å². The zero-order valence-corrected chi connectivity index (χ0v) is 21.8. The number of hydrogen-bond acceptors (Lipinski definition) is 3. The fraction of sp³-hybridized carbons (Fsp3) is 0.533. The lowest BCUT2D eigenvalue weighted by Gasteiger charge is -2.39. The van der Waals surface area contributed by atoms with Gasteiger partial charge in [0.1, 0.15) is 6.17 Å². The van der Waals surface area contributed by atoms with E-state index >= 15 is 0 Å². The molecule has 2 fully saturated rings. The summed E-state index contributed by atoms with van der Waals surface area (Å²) in [4.78, 5) is 30.6. The second-order valence-electron chi connectivity index (χ2n) is 12.5. The second kappa shape index (κ2) is 8.69. The van der Waals surface area contributed by atoms with E-state index < -0.39 is 0 Å². The van der Waals surface area contributed by atoms with Gasteiger partial charge in [-0.3, -0.25) is 9.59 Å². The predicted molar refractivity (Wildman–Crippen MR) is 140 cm³/mol. The highest BCUT2D eigenvalue weighted by molar-refractivity contribution is 5.99. The van der Waals surface area contributed by atoms with E-state index in [1.807, 2.05) is 53.4 Å². The summed E-state index contributed by atoms with van der Waals surface area (Å²) in [6.07, 6.45) is 4.13. The molecular weight excluding hydrogens is 434 g/mol. The van der Waals surface area contributed by atoms with Gasteiger partial charge in [-0.2, -0.15) is 0 Å². The van der Waals surface area contributed by atoms with E-state index in [4.69, 9.17) is 0 Å². The maximum absolute atomic E-state index is 13.5. The summed E-state index contributed by atoms with van der Waals surface area (Å²) in [6, 6.07) is 16.0. The van der Waals surface area contributed by atoms with Gasteiger partial charge in [-0.1, -0.05) is 52.8 Å². The van der Waals surface area contributed by atoms with E-state index in [0.29, 0.717) is 18.5 Å². The lowest BCUT2D eigenvalue weighted by Crippen LogP contribution is -2.37. The molecule has 0 radical (unpaired) electrons. The minimum Gasteiger partial charge on any atom is -0.361 e. The molecule has 0 aromatic heterocycles. The van der Waals surface area contributed by atoms with Crippen molar-refractivity contribution in [3.8, 4) is 0 Å². The molecule has 186 valence electrons. The summed E-state index contributed by atoms with van der Waals surface area (Å²) < 4.78 is 0. The van der Waals surface area contributed by atoms with Crippen molar-refractivity contribution in [2.75, 3.05) is 18.4 Å². The van der Waals surface area contributed by atoms with Crippen molar-refractivity contribution < 1.29 is 9.59 Å². The number of hydrogen-bond donors (Lipinski definition) is 1. The van der Waals surface area contributed by atoms with Gasteiger partial charge in [-0.15, -0.1) is 0 Å². The highest BCUT2D eigenvalue weighted by Crippen LogP contribution is 2.52. The van der Waals surface area contributed by atoms with Gasteiger partial charge in [0, 0.05) is 41.5 Å². The van der Waals surface area contributed by atoms with Crippen molar-refractivity contribution in [1.82, 2.24) is 9.80 Å². The van der Waals surface area contributed by atoms with Gasteiger partial charge in [-0.05, 0) is 72.8 Å². The van der Waals surface area contributed by atoms with Crippen LogP contribution in [0.25, 0.3) is 0 Å². The molecule has 3 unspecified atom stereocenters. The quantitative estimate of drug-likeness (QED) is 0.533. The zero-order valence-electron chi connectivity index (χ0n) is 21.8. The lowest BCUT2D eigenvalue weighted by molar-refractivity contribution is 0.0706. The molecule has 2 heterocycles. The molecule has 2 amide bonds. The number of anilines is 1. The van der Waals surface area contributed by atoms with Crippen LogP contribution in [0.15, 0.2) is 48.5 Å². The maximum Gasteiger partial charge on any atom is 0.256 e. The summed E-state index contributed by atoms with van der Waals surface area (Å²) in [5.74, 6) is 0.750.